The molecule has 0 amide bonds. The van der Waals surface area contributed by atoms with E-state index in [2.05, 4.69) is 13.8 Å². The molecular weight excluding hydrogens is 176 g/mol. The monoisotopic (exact) mass is 198 g/mol. The maximum Gasteiger partial charge on any atom is 0.306 e. The Kier molecular flexibility index (Phi) is 4.43. The summed E-state index contributed by atoms with van der Waals surface area (Å²) < 4.78 is 0. The summed E-state index contributed by atoms with van der Waals surface area (Å²) in [7, 11) is 0. The second-order valence-corrected chi connectivity index (χ2v) is 5.04. The predicted octanol–water partition coefficient (Wildman–Crippen LogP) is 3.31. The average Bonchev–Trinajstić information content (AvgIpc) is 2.15. The molecule has 0 spiro atoms. The minimum atomic E-state index is -0.584. The van der Waals surface area contributed by atoms with E-state index in [1.54, 1.807) is 0 Å². The molecule has 0 aliphatic heterocycles. The lowest BCUT2D eigenvalue weighted by atomic mass is 9.78. The van der Waals surface area contributed by atoms with E-state index < -0.39 is 5.97 Å². The van der Waals surface area contributed by atoms with Crippen LogP contribution in [0.1, 0.15) is 52.4 Å². The van der Waals surface area contributed by atoms with Crippen LogP contribution in [0.5, 0.6) is 0 Å². The van der Waals surface area contributed by atoms with Gasteiger partial charge in [0.2, 0.25) is 0 Å². The minimum absolute atomic E-state index is 0.0547. The van der Waals surface area contributed by atoms with Gasteiger partial charge in [-0.3, -0.25) is 4.79 Å². The van der Waals surface area contributed by atoms with E-state index in [0.717, 1.165) is 25.2 Å². The first kappa shape index (κ1) is 11.5. The van der Waals surface area contributed by atoms with Crippen molar-refractivity contribution in [1.82, 2.24) is 0 Å². The van der Waals surface area contributed by atoms with Crippen LogP contribution in [0.4, 0.5) is 0 Å². The standard InChI is InChI=1S/C12H22O2/c1-9(2)6-7-10-4-3-5-11(8-10)12(13)14/h9-11H,3-8H2,1-2H3,(H,13,14). The van der Waals surface area contributed by atoms with E-state index in [-0.39, 0.29) is 5.92 Å². The third kappa shape index (κ3) is 3.69. The zero-order valence-corrected chi connectivity index (χ0v) is 9.33. The van der Waals surface area contributed by atoms with Crippen molar-refractivity contribution >= 4 is 5.97 Å². The van der Waals surface area contributed by atoms with E-state index in [1.165, 1.54) is 19.3 Å². The number of rotatable bonds is 4. The van der Waals surface area contributed by atoms with Crippen molar-refractivity contribution in [1.29, 1.82) is 0 Å². The molecule has 2 nitrogen and oxygen atoms in total. The van der Waals surface area contributed by atoms with E-state index >= 15 is 0 Å². The molecule has 0 aromatic carbocycles. The number of hydrogen-bond acceptors (Lipinski definition) is 1. The van der Waals surface area contributed by atoms with Gasteiger partial charge < -0.3 is 5.11 Å². The van der Waals surface area contributed by atoms with Gasteiger partial charge in [0.1, 0.15) is 0 Å². The zero-order chi connectivity index (χ0) is 10.6. The van der Waals surface area contributed by atoms with Crippen LogP contribution in [0.15, 0.2) is 0 Å². The van der Waals surface area contributed by atoms with Gasteiger partial charge in [0.25, 0.3) is 0 Å². The second kappa shape index (κ2) is 5.38. The van der Waals surface area contributed by atoms with Crippen LogP contribution < -0.4 is 0 Å². The molecule has 82 valence electrons. The van der Waals surface area contributed by atoms with Crippen molar-refractivity contribution in [2.75, 3.05) is 0 Å². The fourth-order valence-electron chi connectivity index (χ4n) is 2.35. The first-order chi connectivity index (χ1) is 6.59. The topological polar surface area (TPSA) is 37.3 Å². The molecule has 1 rings (SSSR count). The summed E-state index contributed by atoms with van der Waals surface area (Å²) in [6.07, 6.45) is 6.64. The van der Waals surface area contributed by atoms with Gasteiger partial charge in [-0.15, -0.1) is 0 Å². The Bertz CT molecular complexity index is 187. The molecule has 14 heavy (non-hydrogen) atoms. The number of carboxylic acids is 1. The summed E-state index contributed by atoms with van der Waals surface area (Å²) in [5.74, 6) is 0.785. The van der Waals surface area contributed by atoms with Crippen molar-refractivity contribution < 1.29 is 9.90 Å². The molecule has 0 bridgehead atoms. The molecule has 0 aromatic rings. The molecule has 1 aliphatic rings. The third-order valence-electron chi connectivity index (χ3n) is 3.28. The first-order valence-corrected chi connectivity index (χ1v) is 5.82. The largest absolute Gasteiger partial charge is 0.481 e. The smallest absolute Gasteiger partial charge is 0.306 e. The van der Waals surface area contributed by atoms with Crippen LogP contribution >= 0.6 is 0 Å². The van der Waals surface area contributed by atoms with Crippen molar-refractivity contribution in [2.24, 2.45) is 17.8 Å². The summed E-state index contributed by atoms with van der Waals surface area (Å²) in [5, 5.41) is 8.93. The highest BCUT2D eigenvalue weighted by molar-refractivity contribution is 5.70. The molecule has 2 unspecified atom stereocenters. The number of carboxylic acid groups (broad SMARTS) is 1. The van der Waals surface area contributed by atoms with Crippen molar-refractivity contribution in [3.05, 3.63) is 0 Å². The molecule has 1 aliphatic carbocycles. The van der Waals surface area contributed by atoms with E-state index in [4.69, 9.17) is 5.11 Å². The molecule has 2 atom stereocenters. The highest BCUT2D eigenvalue weighted by atomic mass is 16.4. The summed E-state index contributed by atoms with van der Waals surface area (Å²) in [5.41, 5.74) is 0. The quantitative estimate of drug-likeness (QED) is 0.752. The minimum Gasteiger partial charge on any atom is -0.481 e. The summed E-state index contributed by atoms with van der Waals surface area (Å²) in [6.45, 7) is 4.47. The first-order valence-electron chi connectivity index (χ1n) is 5.82. The van der Waals surface area contributed by atoms with Crippen molar-refractivity contribution in [2.45, 2.75) is 52.4 Å². The van der Waals surface area contributed by atoms with Gasteiger partial charge in [-0.1, -0.05) is 39.5 Å². The van der Waals surface area contributed by atoms with Crippen LogP contribution in [-0.4, -0.2) is 11.1 Å². The molecule has 0 radical (unpaired) electrons. The van der Waals surface area contributed by atoms with E-state index in [0.29, 0.717) is 5.92 Å². The normalized spacial score (nSPS) is 27.9. The van der Waals surface area contributed by atoms with E-state index in [1.807, 2.05) is 0 Å². The summed E-state index contributed by atoms with van der Waals surface area (Å²) in [6, 6.07) is 0. The highest BCUT2D eigenvalue weighted by Gasteiger charge is 2.26. The van der Waals surface area contributed by atoms with Gasteiger partial charge in [0.05, 0.1) is 5.92 Å². The number of hydrogen-bond donors (Lipinski definition) is 1. The van der Waals surface area contributed by atoms with Gasteiger partial charge in [-0.25, -0.2) is 0 Å². The Morgan fingerprint density at radius 2 is 2.14 bits per heavy atom. The Labute approximate surface area is 86.7 Å². The molecule has 2 heteroatoms. The van der Waals surface area contributed by atoms with Crippen molar-refractivity contribution in [3.8, 4) is 0 Å². The lowest BCUT2D eigenvalue weighted by Crippen LogP contribution is -2.22. The lowest BCUT2D eigenvalue weighted by Gasteiger charge is -2.26. The molecule has 0 saturated heterocycles. The highest BCUT2D eigenvalue weighted by Crippen LogP contribution is 2.32. The number of aliphatic carboxylic acids is 1. The maximum atomic E-state index is 10.8. The third-order valence-corrected chi connectivity index (χ3v) is 3.28. The van der Waals surface area contributed by atoms with Crippen LogP contribution in [0.2, 0.25) is 0 Å². The Hall–Kier alpha value is -0.530. The molecule has 1 fully saturated rings. The van der Waals surface area contributed by atoms with E-state index in [9.17, 15) is 4.79 Å². The Balaban J connectivity index is 2.29. The summed E-state index contributed by atoms with van der Waals surface area (Å²) in [4.78, 5) is 10.8. The van der Waals surface area contributed by atoms with Crippen LogP contribution in [0, 0.1) is 17.8 Å². The van der Waals surface area contributed by atoms with Gasteiger partial charge in [0, 0.05) is 0 Å². The Morgan fingerprint density at radius 3 is 2.71 bits per heavy atom. The second-order valence-electron chi connectivity index (χ2n) is 5.04. The molecular formula is C12H22O2. The van der Waals surface area contributed by atoms with Crippen LogP contribution in [0.25, 0.3) is 0 Å². The molecule has 1 saturated carbocycles. The van der Waals surface area contributed by atoms with Crippen LogP contribution in [0.3, 0.4) is 0 Å². The van der Waals surface area contributed by atoms with Gasteiger partial charge in [-0.05, 0) is 24.7 Å². The fraction of sp³-hybridized carbons (Fsp3) is 0.917. The average molecular weight is 198 g/mol. The number of carbonyl (C=O) groups is 1. The van der Waals surface area contributed by atoms with Crippen LogP contribution in [-0.2, 0) is 4.79 Å². The van der Waals surface area contributed by atoms with Gasteiger partial charge in [0.15, 0.2) is 0 Å². The fourth-order valence-corrected chi connectivity index (χ4v) is 2.35. The van der Waals surface area contributed by atoms with Gasteiger partial charge in [-0.2, -0.15) is 0 Å². The Morgan fingerprint density at radius 1 is 1.43 bits per heavy atom. The molecule has 0 aromatic heterocycles. The maximum absolute atomic E-state index is 10.8. The predicted molar refractivity (Wildman–Crippen MR) is 57.2 cm³/mol. The van der Waals surface area contributed by atoms with Gasteiger partial charge >= 0.3 is 5.97 Å². The molecule has 0 heterocycles. The van der Waals surface area contributed by atoms with Crippen molar-refractivity contribution in [3.63, 3.8) is 0 Å². The molecule has 1 N–H and O–H groups in total. The SMILES string of the molecule is CC(C)CCC1CCCC(C(=O)O)C1. The zero-order valence-electron chi connectivity index (χ0n) is 9.33. The summed E-state index contributed by atoms with van der Waals surface area (Å²) >= 11 is 0. The lowest BCUT2D eigenvalue weighted by molar-refractivity contribution is -0.143.